The zero-order chi connectivity index (χ0) is 18.0. The first-order valence-electron chi connectivity index (χ1n) is 7.77. The van der Waals surface area contributed by atoms with Gasteiger partial charge >= 0.3 is 0 Å². The van der Waals surface area contributed by atoms with E-state index in [1.165, 1.54) is 4.90 Å². The lowest BCUT2D eigenvalue weighted by Crippen LogP contribution is -2.45. The summed E-state index contributed by atoms with van der Waals surface area (Å²) < 4.78 is 32.2. The van der Waals surface area contributed by atoms with Crippen LogP contribution in [0.1, 0.15) is 13.3 Å². The highest BCUT2D eigenvalue weighted by Crippen LogP contribution is 2.33. The fourth-order valence-corrected chi connectivity index (χ4v) is 2.61. The summed E-state index contributed by atoms with van der Waals surface area (Å²) in [5.41, 5.74) is 0.349. The van der Waals surface area contributed by atoms with Crippen molar-refractivity contribution in [3.8, 4) is 5.75 Å². The molecule has 130 valence electrons. The third-order valence-electron chi connectivity index (χ3n) is 3.84. The molecule has 0 bridgehead atoms. The summed E-state index contributed by atoms with van der Waals surface area (Å²) in [6.07, 6.45) is -0.721. The highest BCUT2D eigenvalue weighted by atomic mass is 19.1. The number of benzene rings is 2. The van der Waals surface area contributed by atoms with Crippen LogP contribution >= 0.6 is 0 Å². The number of rotatable bonds is 4. The van der Waals surface area contributed by atoms with Crippen LogP contribution in [0.25, 0.3) is 0 Å². The van der Waals surface area contributed by atoms with Gasteiger partial charge in [-0.25, -0.2) is 8.78 Å². The van der Waals surface area contributed by atoms with E-state index in [-0.39, 0.29) is 24.6 Å². The second-order valence-corrected chi connectivity index (χ2v) is 5.64. The molecular weight excluding hydrogens is 330 g/mol. The van der Waals surface area contributed by atoms with Crippen molar-refractivity contribution in [2.24, 2.45) is 0 Å². The number of halogens is 2. The van der Waals surface area contributed by atoms with Crippen molar-refractivity contribution >= 4 is 23.2 Å². The summed E-state index contributed by atoms with van der Waals surface area (Å²) in [5.74, 6) is -1.59. The molecule has 1 aliphatic rings. The van der Waals surface area contributed by atoms with Gasteiger partial charge in [0.25, 0.3) is 5.91 Å². The molecule has 0 fully saturated rings. The zero-order valence-corrected chi connectivity index (χ0v) is 13.5. The first-order chi connectivity index (χ1) is 12.0. The molecule has 0 saturated carbocycles. The van der Waals surface area contributed by atoms with Gasteiger partial charge in [-0.1, -0.05) is 12.1 Å². The summed E-state index contributed by atoms with van der Waals surface area (Å²) in [4.78, 5) is 25.8. The van der Waals surface area contributed by atoms with Crippen LogP contribution in [0.4, 0.5) is 20.2 Å². The van der Waals surface area contributed by atoms with Crippen LogP contribution in [-0.2, 0) is 9.59 Å². The van der Waals surface area contributed by atoms with Crippen molar-refractivity contribution in [1.82, 2.24) is 0 Å². The highest BCUT2D eigenvalue weighted by molar-refractivity contribution is 6.00. The Morgan fingerprint density at radius 2 is 2.00 bits per heavy atom. The molecule has 1 aliphatic heterocycles. The number of hydrogen-bond donors (Lipinski definition) is 1. The van der Waals surface area contributed by atoms with Gasteiger partial charge in [0, 0.05) is 19.0 Å². The minimum absolute atomic E-state index is 0.0667. The minimum Gasteiger partial charge on any atom is -0.479 e. The van der Waals surface area contributed by atoms with Crippen LogP contribution in [0.15, 0.2) is 42.5 Å². The number of nitrogens with one attached hydrogen (secondary N) is 1. The largest absolute Gasteiger partial charge is 0.479 e. The van der Waals surface area contributed by atoms with E-state index in [2.05, 4.69) is 5.32 Å². The quantitative estimate of drug-likeness (QED) is 0.925. The van der Waals surface area contributed by atoms with Crippen molar-refractivity contribution in [1.29, 1.82) is 0 Å². The number of anilines is 2. The molecule has 1 atom stereocenters. The molecule has 1 unspecified atom stereocenters. The van der Waals surface area contributed by atoms with Crippen LogP contribution in [0.2, 0.25) is 0 Å². The van der Waals surface area contributed by atoms with Gasteiger partial charge < -0.3 is 15.0 Å². The minimum atomic E-state index is -0.726. The lowest BCUT2D eigenvalue weighted by atomic mass is 10.1. The van der Waals surface area contributed by atoms with E-state index >= 15 is 0 Å². The molecule has 3 rings (SSSR count). The van der Waals surface area contributed by atoms with Crippen LogP contribution in [0.3, 0.4) is 0 Å². The molecule has 2 aromatic rings. The van der Waals surface area contributed by atoms with Gasteiger partial charge in [0.1, 0.15) is 17.4 Å². The number of amides is 2. The number of hydrogen-bond acceptors (Lipinski definition) is 3. The van der Waals surface area contributed by atoms with Crippen molar-refractivity contribution in [3.63, 3.8) is 0 Å². The van der Waals surface area contributed by atoms with Crippen molar-refractivity contribution in [2.45, 2.75) is 19.4 Å². The molecule has 5 nitrogen and oxygen atoms in total. The standard InChI is InChI=1S/C18H16F2N2O3/c1-11-18(24)22(15-4-2-3-5-16(15)25-11)9-8-17(23)21-14-10-12(19)6-7-13(14)20/h2-7,10-11H,8-9H2,1H3,(H,21,23). The lowest BCUT2D eigenvalue weighted by Gasteiger charge is -2.32. The van der Waals surface area contributed by atoms with Crippen molar-refractivity contribution < 1.29 is 23.1 Å². The van der Waals surface area contributed by atoms with Crippen LogP contribution < -0.4 is 15.0 Å². The Morgan fingerprint density at radius 3 is 2.80 bits per heavy atom. The maximum absolute atomic E-state index is 13.6. The van der Waals surface area contributed by atoms with Gasteiger partial charge in [-0.15, -0.1) is 0 Å². The maximum atomic E-state index is 13.6. The molecule has 2 amide bonds. The van der Waals surface area contributed by atoms with E-state index in [0.717, 1.165) is 18.2 Å². The van der Waals surface area contributed by atoms with Crippen molar-refractivity contribution in [2.75, 3.05) is 16.8 Å². The Labute approximate surface area is 143 Å². The van der Waals surface area contributed by atoms with Gasteiger partial charge in [0.15, 0.2) is 6.10 Å². The van der Waals surface area contributed by atoms with E-state index in [9.17, 15) is 18.4 Å². The lowest BCUT2D eigenvalue weighted by molar-refractivity contribution is -0.125. The molecular formula is C18H16F2N2O3. The van der Waals surface area contributed by atoms with Crippen molar-refractivity contribution in [3.05, 3.63) is 54.1 Å². The Bertz CT molecular complexity index is 826. The maximum Gasteiger partial charge on any atom is 0.267 e. The number of ether oxygens (including phenoxy) is 1. The Balaban J connectivity index is 1.69. The first kappa shape index (κ1) is 16.9. The second-order valence-electron chi connectivity index (χ2n) is 5.64. The number of carbonyl (C=O) groups is 2. The van der Waals surface area contributed by atoms with Gasteiger partial charge in [-0.2, -0.15) is 0 Å². The molecule has 0 radical (unpaired) electrons. The third kappa shape index (κ3) is 3.60. The van der Waals surface area contributed by atoms with E-state index in [4.69, 9.17) is 4.74 Å². The van der Waals surface area contributed by atoms with Gasteiger partial charge in [-0.05, 0) is 31.2 Å². The average molecular weight is 346 g/mol. The molecule has 1 N–H and O–H groups in total. The summed E-state index contributed by atoms with van der Waals surface area (Å²) >= 11 is 0. The third-order valence-corrected chi connectivity index (χ3v) is 3.84. The number of nitrogens with zero attached hydrogens (tertiary/aromatic N) is 1. The zero-order valence-electron chi connectivity index (χ0n) is 13.5. The summed E-state index contributed by atoms with van der Waals surface area (Å²) in [6, 6.07) is 9.84. The second kappa shape index (κ2) is 6.88. The first-order valence-corrected chi connectivity index (χ1v) is 7.77. The molecule has 1 heterocycles. The van der Waals surface area contributed by atoms with E-state index in [1.807, 2.05) is 0 Å². The Hall–Kier alpha value is -2.96. The topological polar surface area (TPSA) is 58.6 Å². The van der Waals surface area contributed by atoms with E-state index in [0.29, 0.717) is 11.4 Å². The van der Waals surface area contributed by atoms with Gasteiger partial charge in [-0.3, -0.25) is 9.59 Å². The summed E-state index contributed by atoms with van der Waals surface area (Å²) in [6.45, 7) is 1.74. The van der Waals surface area contributed by atoms with E-state index in [1.54, 1.807) is 31.2 Å². The van der Waals surface area contributed by atoms with Gasteiger partial charge in [0.05, 0.1) is 11.4 Å². The van der Waals surface area contributed by atoms with E-state index < -0.39 is 23.6 Å². The molecule has 0 aliphatic carbocycles. The number of fused-ring (bicyclic) bond motifs is 1. The molecule has 25 heavy (non-hydrogen) atoms. The Morgan fingerprint density at radius 1 is 1.24 bits per heavy atom. The normalized spacial score (nSPS) is 16.2. The fraction of sp³-hybridized carbons (Fsp3) is 0.222. The summed E-state index contributed by atoms with van der Waals surface area (Å²) in [5, 5.41) is 2.32. The van der Waals surface area contributed by atoms with Crippen LogP contribution in [0.5, 0.6) is 5.75 Å². The fourth-order valence-electron chi connectivity index (χ4n) is 2.61. The van der Waals surface area contributed by atoms with Gasteiger partial charge in [0.2, 0.25) is 5.91 Å². The monoisotopic (exact) mass is 346 g/mol. The predicted molar refractivity (Wildman–Crippen MR) is 88.5 cm³/mol. The Kier molecular flexibility index (Phi) is 4.65. The number of para-hydroxylation sites is 2. The average Bonchev–Trinajstić information content (AvgIpc) is 2.58. The molecule has 0 saturated heterocycles. The number of carbonyl (C=O) groups excluding carboxylic acids is 2. The molecule has 2 aromatic carbocycles. The molecule has 0 aromatic heterocycles. The van der Waals surface area contributed by atoms with Crippen LogP contribution in [0, 0.1) is 11.6 Å². The van der Waals surface area contributed by atoms with Crippen LogP contribution in [-0.4, -0.2) is 24.5 Å². The smallest absolute Gasteiger partial charge is 0.267 e. The highest BCUT2D eigenvalue weighted by Gasteiger charge is 2.31. The molecule has 0 spiro atoms. The molecule has 7 heteroatoms. The summed E-state index contributed by atoms with van der Waals surface area (Å²) in [7, 11) is 0. The SMILES string of the molecule is CC1Oc2ccccc2N(CCC(=O)Nc2cc(F)ccc2F)C1=O. The predicted octanol–water partition coefficient (Wildman–Crippen LogP) is 3.11.